The third kappa shape index (κ3) is 3.23. The van der Waals surface area contributed by atoms with Gasteiger partial charge in [0.05, 0.1) is 5.57 Å². The molecule has 0 atom stereocenters. The van der Waals surface area contributed by atoms with Gasteiger partial charge in [0, 0.05) is 5.57 Å². The molecule has 0 unspecified atom stereocenters. The lowest BCUT2D eigenvalue weighted by atomic mass is 10.1. The third-order valence-corrected chi connectivity index (χ3v) is 1.25. The normalized spacial score (nSPS) is 11.5. The van der Waals surface area contributed by atoms with E-state index in [1.807, 2.05) is 0 Å². The molecule has 0 saturated heterocycles. The lowest BCUT2D eigenvalue weighted by Crippen LogP contribution is -2.15. The number of hydrogen-bond acceptors (Lipinski definition) is 0. The minimum atomic E-state index is -3.76. The fraction of sp³-hybridized carbons (Fsp3) is 0.667. The van der Waals surface area contributed by atoms with Crippen molar-refractivity contribution in [3.63, 3.8) is 0 Å². The Morgan fingerprint density at radius 1 is 0.769 bits per heavy atom. The molecule has 0 radical (unpaired) electrons. The molecule has 0 aromatic heterocycles. The maximum Gasteiger partial charge on any atom is 0.265 e. The van der Waals surface area contributed by atoms with Crippen molar-refractivity contribution in [1.82, 2.24) is 0 Å². The average Bonchev–Trinajstić information content (AvgIpc) is 1.97. The van der Waals surface area contributed by atoms with E-state index >= 15 is 0 Å². The molecule has 0 saturated carbocycles. The Hall–Kier alpha value is -0.750. The molecule has 0 aliphatic rings. The number of halogens is 7. The van der Waals surface area contributed by atoms with Crippen LogP contribution < -0.4 is 0 Å². The van der Waals surface area contributed by atoms with Crippen molar-refractivity contribution in [1.29, 1.82) is 0 Å². The van der Waals surface area contributed by atoms with Gasteiger partial charge in [-0.15, -0.1) is 0 Å². The molecule has 13 heavy (non-hydrogen) atoms. The van der Waals surface area contributed by atoms with E-state index in [0.29, 0.717) is 0 Å². The van der Waals surface area contributed by atoms with E-state index in [1.165, 1.54) is 0 Å². The van der Waals surface area contributed by atoms with Crippen LogP contribution in [0.25, 0.3) is 0 Å². The van der Waals surface area contributed by atoms with Gasteiger partial charge < -0.3 is 0 Å². The molecule has 0 aromatic rings. The summed E-state index contributed by atoms with van der Waals surface area (Å²) in [5.41, 5.74) is -3.94. The number of rotatable bonds is 4. The van der Waals surface area contributed by atoms with Gasteiger partial charge in [-0.3, -0.25) is 0 Å². The van der Waals surface area contributed by atoms with Gasteiger partial charge in [-0.2, -0.15) is 0 Å². The standard InChI is InChI=1S/C6H5F7/c7-1-2(4(8)9)3(5(10)11)6(12)13/h4-6H,1H2. The molecular formula is C6H5F7. The molecule has 0 amide bonds. The summed E-state index contributed by atoms with van der Waals surface area (Å²) in [5.74, 6) is 0. The molecule has 78 valence electrons. The summed E-state index contributed by atoms with van der Waals surface area (Å²) in [7, 11) is 0. The fourth-order valence-electron chi connectivity index (χ4n) is 0.637. The molecule has 0 nitrogen and oxygen atoms in total. The minimum Gasteiger partial charge on any atom is -0.246 e. The van der Waals surface area contributed by atoms with Gasteiger partial charge in [0.2, 0.25) is 0 Å². The zero-order valence-electron chi connectivity index (χ0n) is 6.08. The number of allylic oxidation sites excluding steroid dienone is 2. The third-order valence-electron chi connectivity index (χ3n) is 1.25. The van der Waals surface area contributed by atoms with E-state index in [4.69, 9.17) is 0 Å². The zero-order valence-corrected chi connectivity index (χ0v) is 6.08. The maximum absolute atomic E-state index is 11.7. The summed E-state index contributed by atoms with van der Waals surface area (Å²) in [5, 5.41) is 0. The Balaban J connectivity index is 5.01. The highest BCUT2D eigenvalue weighted by Crippen LogP contribution is 2.25. The predicted octanol–water partition coefficient (Wildman–Crippen LogP) is 3.05. The maximum atomic E-state index is 11.7. The quantitative estimate of drug-likeness (QED) is 0.494. The summed E-state index contributed by atoms with van der Waals surface area (Å²) in [6.07, 6.45) is -11.2. The second-order valence-corrected chi connectivity index (χ2v) is 2.02. The molecule has 0 rings (SSSR count). The molecule has 0 heterocycles. The Bertz CT molecular complexity index is 173. The lowest BCUT2D eigenvalue weighted by Gasteiger charge is -2.10. The first-order valence-electron chi connectivity index (χ1n) is 3.05. The Morgan fingerprint density at radius 3 is 1.23 bits per heavy atom. The van der Waals surface area contributed by atoms with Gasteiger partial charge in [-0.1, -0.05) is 0 Å². The fourth-order valence-corrected chi connectivity index (χ4v) is 0.637. The first-order chi connectivity index (χ1) is 5.91. The molecule has 0 aliphatic heterocycles. The monoisotopic (exact) mass is 210 g/mol. The molecule has 0 spiro atoms. The van der Waals surface area contributed by atoms with Crippen molar-refractivity contribution in [2.75, 3.05) is 6.67 Å². The minimum absolute atomic E-state index is 1.83. The first kappa shape index (κ1) is 12.2. The highest BCUT2D eigenvalue weighted by Gasteiger charge is 2.29. The highest BCUT2D eigenvalue weighted by atomic mass is 19.3. The van der Waals surface area contributed by atoms with E-state index in [0.717, 1.165) is 0 Å². The second kappa shape index (κ2) is 5.08. The van der Waals surface area contributed by atoms with Gasteiger partial charge in [0.1, 0.15) is 6.67 Å². The molecular weight excluding hydrogens is 205 g/mol. The van der Waals surface area contributed by atoms with Gasteiger partial charge in [0.25, 0.3) is 19.3 Å². The van der Waals surface area contributed by atoms with Crippen LogP contribution in [0.15, 0.2) is 11.1 Å². The van der Waals surface area contributed by atoms with Crippen LogP contribution in [-0.2, 0) is 0 Å². The van der Waals surface area contributed by atoms with Crippen LogP contribution in [0.3, 0.4) is 0 Å². The number of alkyl halides is 7. The van der Waals surface area contributed by atoms with E-state index in [1.54, 1.807) is 0 Å². The van der Waals surface area contributed by atoms with Crippen LogP contribution in [0, 0.1) is 0 Å². The summed E-state index contributed by atoms with van der Waals surface area (Å²) >= 11 is 0. The van der Waals surface area contributed by atoms with Gasteiger partial charge in [-0.05, 0) is 0 Å². The van der Waals surface area contributed by atoms with Crippen molar-refractivity contribution in [2.24, 2.45) is 0 Å². The summed E-state index contributed by atoms with van der Waals surface area (Å²) < 4.78 is 81.9. The van der Waals surface area contributed by atoms with Gasteiger partial charge >= 0.3 is 0 Å². The van der Waals surface area contributed by atoms with Gasteiger partial charge in [0.15, 0.2) is 0 Å². The Kier molecular flexibility index (Phi) is 4.79. The zero-order chi connectivity index (χ0) is 10.6. The summed E-state index contributed by atoms with van der Waals surface area (Å²) in [6, 6.07) is 0. The molecule has 0 N–H and O–H groups in total. The lowest BCUT2D eigenvalue weighted by molar-refractivity contribution is 0.0969. The van der Waals surface area contributed by atoms with Crippen molar-refractivity contribution >= 4 is 0 Å². The summed E-state index contributed by atoms with van der Waals surface area (Å²) in [4.78, 5) is 0. The Morgan fingerprint density at radius 2 is 1.15 bits per heavy atom. The number of hydrogen-bond donors (Lipinski definition) is 0. The topological polar surface area (TPSA) is 0 Å². The van der Waals surface area contributed by atoms with Crippen molar-refractivity contribution in [3.05, 3.63) is 11.1 Å². The molecule has 0 aliphatic carbocycles. The largest absolute Gasteiger partial charge is 0.265 e. The van der Waals surface area contributed by atoms with Crippen molar-refractivity contribution in [2.45, 2.75) is 19.3 Å². The van der Waals surface area contributed by atoms with Gasteiger partial charge in [-0.25, -0.2) is 30.7 Å². The second-order valence-electron chi connectivity index (χ2n) is 2.02. The van der Waals surface area contributed by atoms with Crippen molar-refractivity contribution in [3.8, 4) is 0 Å². The van der Waals surface area contributed by atoms with E-state index in [9.17, 15) is 30.7 Å². The van der Waals surface area contributed by atoms with E-state index < -0.39 is 37.1 Å². The van der Waals surface area contributed by atoms with Crippen LogP contribution in [0.5, 0.6) is 0 Å². The summed E-state index contributed by atoms with van der Waals surface area (Å²) in [6.45, 7) is -2.00. The van der Waals surface area contributed by atoms with Crippen LogP contribution in [0.1, 0.15) is 0 Å². The van der Waals surface area contributed by atoms with E-state index in [2.05, 4.69) is 0 Å². The molecule has 0 fully saturated rings. The predicted molar refractivity (Wildman–Crippen MR) is 31.0 cm³/mol. The Labute approximate surface area is 69.0 Å². The highest BCUT2D eigenvalue weighted by molar-refractivity contribution is 5.21. The average molecular weight is 210 g/mol. The first-order valence-corrected chi connectivity index (χ1v) is 3.05. The molecule has 0 aromatic carbocycles. The van der Waals surface area contributed by atoms with Crippen LogP contribution in [0.2, 0.25) is 0 Å². The smallest absolute Gasteiger partial charge is 0.246 e. The molecule has 0 bridgehead atoms. The van der Waals surface area contributed by atoms with Crippen LogP contribution >= 0.6 is 0 Å². The van der Waals surface area contributed by atoms with Crippen molar-refractivity contribution < 1.29 is 30.7 Å². The SMILES string of the molecule is FCC(=C(C(F)F)C(F)F)C(F)F. The van der Waals surface area contributed by atoms with Crippen LogP contribution in [0.4, 0.5) is 30.7 Å². The van der Waals surface area contributed by atoms with Crippen LogP contribution in [-0.4, -0.2) is 26.0 Å². The molecule has 7 heteroatoms. The van der Waals surface area contributed by atoms with E-state index in [-0.39, 0.29) is 0 Å².